The normalized spacial score (nSPS) is 15.2. The van der Waals surface area contributed by atoms with Gasteiger partial charge in [0.25, 0.3) is 15.9 Å². The SMILES string of the molecule is CCCN1C(C)=NS(=O)(=O)c2cc(C(=O)Nc3ccc(Cl)cc3)ccc21. The van der Waals surface area contributed by atoms with E-state index in [1.54, 1.807) is 43.3 Å². The van der Waals surface area contributed by atoms with Crippen molar-refractivity contribution >= 4 is 44.7 Å². The Morgan fingerprint density at radius 3 is 2.54 bits per heavy atom. The van der Waals surface area contributed by atoms with Crippen LogP contribution in [0.25, 0.3) is 0 Å². The Hall–Kier alpha value is -2.38. The highest BCUT2D eigenvalue weighted by Crippen LogP contribution is 2.32. The van der Waals surface area contributed by atoms with Gasteiger partial charge in [0.2, 0.25) is 0 Å². The monoisotopic (exact) mass is 391 g/mol. The Morgan fingerprint density at radius 2 is 1.88 bits per heavy atom. The highest BCUT2D eigenvalue weighted by molar-refractivity contribution is 7.90. The van der Waals surface area contributed by atoms with Crippen LogP contribution >= 0.6 is 11.6 Å². The molecule has 26 heavy (non-hydrogen) atoms. The van der Waals surface area contributed by atoms with Crippen LogP contribution < -0.4 is 10.2 Å². The maximum absolute atomic E-state index is 12.5. The molecule has 8 heteroatoms. The van der Waals surface area contributed by atoms with E-state index in [0.717, 1.165) is 6.42 Å². The summed E-state index contributed by atoms with van der Waals surface area (Å²) in [5, 5.41) is 3.29. The molecule has 1 N–H and O–H groups in total. The molecule has 0 radical (unpaired) electrons. The number of hydrogen-bond donors (Lipinski definition) is 1. The van der Waals surface area contributed by atoms with Crippen LogP contribution in [0.3, 0.4) is 0 Å². The third kappa shape index (κ3) is 3.59. The number of sulfonamides is 1. The van der Waals surface area contributed by atoms with Crippen LogP contribution in [0.1, 0.15) is 30.6 Å². The summed E-state index contributed by atoms with van der Waals surface area (Å²) in [4.78, 5) is 14.4. The van der Waals surface area contributed by atoms with Crippen molar-refractivity contribution in [2.24, 2.45) is 4.40 Å². The molecule has 136 valence electrons. The standard InChI is InChI=1S/C18H18ClN3O3S/c1-3-10-22-12(2)21-26(24,25)17-11-13(4-9-16(17)22)18(23)20-15-7-5-14(19)6-8-15/h4-9,11H,3,10H2,1-2H3,(H,20,23). The predicted molar refractivity (Wildman–Crippen MR) is 104 cm³/mol. The van der Waals surface area contributed by atoms with Crippen LogP contribution in [0.2, 0.25) is 5.02 Å². The predicted octanol–water partition coefficient (Wildman–Crippen LogP) is 3.93. The first-order valence-electron chi connectivity index (χ1n) is 8.12. The molecule has 1 aliphatic rings. The van der Waals surface area contributed by atoms with Gasteiger partial charge < -0.3 is 10.2 Å². The summed E-state index contributed by atoms with van der Waals surface area (Å²) < 4.78 is 28.7. The number of halogens is 1. The number of carbonyl (C=O) groups is 1. The van der Waals surface area contributed by atoms with Gasteiger partial charge in [0, 0.05) is 22.8 Å². The zero-order chi connectivity index (χ0) is 18.9. The largest absolute Gasteiger partial charge is 0.328 e. The Bertz CT molecular complexity index is 985. The zero-order valence-electron chi connectivity index (χ0n) is 14.4. The first-order chi connectivity index (χ1) is 12.3. The van der Waals surface area contributed by atoms with Gasteiger partial charge in [-0.3, -0.25) is 4.79 Å². The fourth-order valence-corrected chi connectivity index (χ4v) is 4.16. The van der Waals surface area contributed by atoms with Crippen molar-refractivity contribution in [2.45, 2.75) is 25.2 Å². The molecule has 0 saturated heterocycles. The molecule has 0 atom stereocenters. The van der Waals surface area contributed by atoms with E-state index in [2.05, 4.69) is 9.71 Å². The van der Waals surface area contributed by atoms with E-state index >= 15 is 0 Å². The summed E-state index contributed by atoms with van der Waals surface area (Å²) in [6.07, 6.45) is 0.838. The number of anilines is 2. The lowest BCUT2D eigenvalue weighted by Gasteiger charge is -2.29. The summed E-state index contributed by atoms with van der Waals surface area (Å²) in [5.41, 5.74) is 1.36. The minimum atomic E-state index is -3.83. The van der Waals surface area contributed by atoms with Gasteiger partial charge >= 0.3 is 0 Å². The summed E-state index contributed by atoms with van der Waals surface area (Å²) in [6, 6.07) is 11.3. The van der Waals surface area contributed by atoms with Crippen LogP contribution in [0.4, 0.5) is 11.4 Å². The van der Waals surface area contributed by atoms with Gasteiger partial charge in [-0.15, -0.1) is 4.40 Å². The van der Waals surface area contributed by atoms with Gasteiger partial charge in [-0.1, -0.05) is 18.5 Å². The van der Waals surface area contributed by atoms with E-state index in [0.29, 0.717) is 28.8 Å². The molecule has 2 aromatic carbocycles. The van der Waals surface area contributed by atoms with Crippen LogP contribution in [-0.4, -0.2) is 26.7 Å². The quantitative estimate of drug-likeness (QED) is 0.856. The van der Waals surface area contributed by atoms with Crippen molar-refractivity contribution in [3.05, 3.63) is 53.1 Å². The fraction of sp³-hybridized carbons (Fsp3) is 0.222. The molecule has 1 amide bonds. The number of hydrogen-bond acceptors (Lipinski definition) is 4. The lowest BCUT2D eigenvalue weighted by Crippen LogP contribution is -2.34. The second-order valence-corrected chi connectivity index (χ2v) is 7.92. The van der Waals surface area contributed by atoms with Crippen LogP contribution in [-0.2, 0) is 10.0 Å². The Morgan fingerprint density at radius 1 is 1.19 bits per heavy atom. The number of amides is 1. The second-order valence-electron chi connectivity index (χ2n) is 5.91. The molecule has 0 bridgehead atoms. The van der Waals surface area contributed by atoms with Gasteiger partial charge in [0.1, 0.15) is 10.7 Å². The van der Waals surface area contributed by atoms with E-state index in [9.17, 15) is 13.2 Å². The van der Waals surface area contributed by atoms with Gasteiger partial charge in [0.15, 0.2) is 0 Å². The number of fused-ring (bicyclic) bond motifs is 1. The number of nitrogens with zero attached hydrogens (tertiary/aromatic N) is 2. The molecule has 6 nitrogen and oxygen atoms in total. The fourth-order valence-electron chi connectivity index (χ4n) is 2.77. The van der Waals surface area contributed by atoms with Crippen LogP contribution in [0.15, 0.2) is 51.8 Å². The molecular weight excluding hydrogens is 374 g/mol. The summed E-state index contributed by atoms with van der Waals surface area (Å²) in [6.45, 7) is 4.31. The van der Waals surface area contributed by atoms with Crippen molar-refractivity contribution in [3.63, 3.8) is 0 Å². The van der Waals surface area contributed by atoms with Crippen molar-refractivity contribution in [3.8, 4) is 0 Å². The van der Waals surface area contributed by atoms with Crippen molar-refractivity contribution < 1.29 is 13.2 Å². The maximum atomic E-state index is 12.5. The van der Waals surface area contributed by atoms with E-state index in [1.165, 1.54) is 6.07 Å². The average molecular weight is 392 g/mol. The van der Waals surface area contributed by atoms with Crippen molar-refractivity contribution in [1.29, 1.82) is 0 Å². The molecule has 0 unspecified atom stereocenters. The topological polar surface area (TPSA) is 78.8 Å². The number of benzene rings is 2. The lowest BCUT2D eigenvalue weighted by atomic mass is 10.1. The molecule has 2 aromatic rings. The van der Waals surface area contributed by atoms with Gasteiger partial charge in [-0.05, 0) is 55.8 Å². The van der Waals surface area contributed by atoms with Crippen molar-refractivity contribution in [1.82, 2.24) is 0 Å². The Labute approximate surface area is 157 Å². The Balaban J connectivity index is 1.95. The van der Waals surface area contributed by atoms with E-state index in [1.807, 2.05) is 11.8 Å². The highest BCUT2D eigenvalue weighted by atomic mass is 35.5. The third-order valence-electron chi connectivity index (χ3n) is 3.98. The first kappa shape index (κ1) is 18.4. The average Bonchev–Trinajstić information content (AvgIpc) is 2.60. The molecular formula is C18H18ClN3O3S. The third-order valence-corrected chi connectivity index (χ3v) is 5.62. The molecule has 1 aliphatic heterocycles. The van der Waals surface area contributed by atoms with Gasteiger partial charge in [0.05, 0.1) is 5.69 Å². The molecule has 0 saturated carbocycles. The number of nitrogens with one attached hydrogen (secondary N) is 1. The smallest absolute Gasteiger partial charge is 0.286 e. The molecule has 1 heterocycles. The van der Waals surface area contributed by atoms with E-state index < -0.39 is 15.9 Å². The second kappa shape index (κ2) is 7.09. The molecule has 0 fully saturated rings. The molecule has 0 aromatic heterocycles. The maximum Gasteiger partial charge on any atom is 0.286 e. The minimum absolute atomic E-state index is 0.0420. The lowest BCUT2D eigenvalue weighted by molar-refractivity contribution is 0.102. The van der Waals surface area contributed by atoms with Gasteiger partial charge in [-0.2, -0.15) is 8.42 Å². The van der Waals surface area contributed by atoms with E-state index in [4.69, 9.17) is 11.6 Å². The van der Waals surface area contributed by atoms with Crippen LogP contribution in [0, 0.1) is 0 Å². The molecule has 0 spiro atoms. The summed E-state index contributed by atoms with van der Waals surface area (Å²) in [7, 11) is -3.83. The zero-order valence-corrected chi connectivity index (χ0v) is 15.9. The first-order valence-corrected chi connectivity index (χ1v) is 9.93. The number of amidine groups is 1. The molecule has 3 rings (SSSR count). The van der Waals surface area contributed by atoms with Crippen molar-refractivity contribution in [2.75, 3.05) is 16.8 Å². The van der Waals surface area contributed by atoms with Gasteiger partial charge in [-0.25, -0.2) is 0 Å². The van der Waals surface area contributed by atoms with Crippen LogP contribution in [0.5, 0.6) is 0 Å². The number of carbonyl (C=O) groups excluding carboxylic acids is 1. The highest BCUT2D eigenvalue weighted by Gasteiger charge is 2.29. The molecule has 0 aliphatic carbocycles. The van der Waals surface area contributed by atoms with E-state index in [-0.39, 0.29) is 10.5 Å². The summed E-state index contributed by atoms with van der Waals surface area (Å²) in [5.74, 6) is 0.0244. The summed E-state index contributed by atoms with van der Waals surface area (Å²) >= 11 is 5.83. The Kier molecular flexibility index (Phi) is 5.02. The minimum Gasteiger partial charge on any atom is -0.328 e. The number of rotatable bonds is 4.